The van der Waals surface area contributed by atoms with E-state index >= 15 is 0 Å². The summed E-state index contributed by atoms with van der Waals surface area (Å²) in [5.41, 5.74) is 8.66. The van der Waals surface area contributed by atoms with E-state index in [-0.39, 0.29) is 0 Å². The number of furan rings is 1. The molecular formula is C10H13N3O. The highest BCUT2D eigenvalue weighted by atomic mass is 16.3. The molecule has 0 aromatic carbocycles. The number of hydrogen-bond donors (Lipinski definition) is 2. The molecule has 0 amide bonds. The van der Waals surface area contributed by atoms with Crippen molar-refractivity contribution >= 4 is 0 Å². The van der Waals surface area contributed by atoms with Gasteiger partial charge in [0.15, 0.2) is 5.76 Å². The predicted octanol–water partition coefficient (Wildman–Crippen LogP) is 1.48. The topological polar surface area (TPSA) is 67.8 Å². The Kier molecular flexibility index (Phi) is 2.37. The molecule has 0 saturated heterocycles. The summed E-state index contributed by atoms with van der Waals surface area (Å²) in [6, 6.07) is 1.95. The molecule has 3 N–H and O–H groups in total. The number of nitrogens with one attached hydrogen (secondary N) is 1. The van der Waals surface area contributed by atoms with Gasteiger partial charge >= 0.3 is 0 Å². The first-order chi connectivity index (χ1) is 6.83. The van der Waals surface area contributed by atoms with E-state index in [0.717, 1.165) is 29.0 Å². The van der Waals surface area contributed by atoms with Gasteiger partial charge in [-0.2, -0.15) is 5.10 Å². The van der Waals surface area contributed by atoms with Crippen LogP contribution in [0.1, 0.15) is 11.1 Å². The van der Waals surface area contributed by atoms with Gasteiger partial charge in [0.2, 0.25) is 0 Å². The highest BCUT2D eigenvalue weighted by molar-refractivity contribution is 5.60. The molecule has 2 aromatic heterocycles. The molecule has 4 nitrogen and oxygen atoms in total. The maximum atomic E-state index is 5.51. The number of nitrogens with two attached hydrogens (primary N) is 1. The number of aromatic amines is 1. The van der Waals surface area contributed by atoms with Crippen LogP contribution in [-0.2, 0) is 6.42 Å². The summed E-state index contributed by atoms with van der Waals surface area (Å²) in [5, 5.41) is 6.88. The Labute approximate surface area is 82.1 Å². The van der Waals surface area contributed by atoms with Crippen LogP contribution in [-0.4, -0.2) is 16.7 Å². The third kappa shape index (κ3) is 1.44. The Bertz CT molecular complexity index is 416. The van der Waals surface area contributed by atoms with Crippen LogP contribution in [0.3, 0.4) is 0 Å². The largest absolute Gasteiger partial charge is 0.462 e. The summed E-state index contributed by atoms with van der Waals surface area (Å²) in [7, 11) is 0. The van der Waals surface area contributed by atoms with Gasteiger partial charge in [-0.1, -0.05) is 0 Å². The zero-order valence-corrected chi connectivity index (χ0v) is 8.08. The third-order valence-electron chi connectivity index (χ3n) is 2.22. The molecule has 14 heavy (non-hydrogen) atoms. The van der Waals surface area contributed by atoms with Gasteiger partial charge in [-0.15, -0.1) is 0 Å². The lowest BCUT2D eigenvalue weighted by Gasteiger charge is -1.99. The summed E-state index contributed by atoms with van der Waals surface area (Å²) in [6.45, 7) is 2.62. The zero-order valence-electron chi connectivity index (χ0n) is 8.08. The SMILES string of the molecule is Cc1cn[nH]c1-c1occc1CCN. The normalized spacial score (nSPS) is 10.7. The van der Waals surface area contributed by atoms with Crippen LogP contribution in [0.2, 0.25) is 0 Å². The Morgan fingerprint density at radius 1 is 1.57 bits per heavy atom. The van der Waals surface area contributed by atoms with Crippen LogP contribution in [0, 0.1) is 6.92 Å². The second kappa shape index (κ2) is 3.67. The first-order valence-corrected chi connectivity index (χ1v) is 4.59. The lowest BCUT2D eigenvalue weighted by atomic mass is 10.1. The van der Waals surface area contributed by atoms with E-state index in [1.807, 2.05) is 13.0 Å². The van der Waals surface area contributed by atoms with Crippen molar-refractivity contribution in [1.29, 1.82) is 0 Å². The monoisotopic (exact) mass is 191 g/mol. The fourth-order valence-corrected chi connectivity index (χ4v) is 1.48. The number of aromatic nitrogens is 2. The summed E-state index contributed by atoms with van der Waals surface area (Å²) >= 11 is 0. The smallest absolute Gasteiger partial charge is 0.155 e. The molecule has 74 valence electrons. The van der Waals surface area contributed by atoms with E-state index in [9.17, 15) is 0 Å². The van der Waals surface area contributed by atoms with Gasteiger partial charge in [0.05, 0.1) is 12.5 Å². The van der Waals surface area contributed by atoms with E-state index in [1.54, 1.807) is 12.5 Å². The molecule has 0 bridgehead atoms. The van der Waals surface area contributed by atoms with Gasteiger partial charge in [-0.05, 0) is 31.5 Å². The first-order valence-electron chi connectivity index (χ1n) is 4.59. The second-order valence-electron chi connectivity index (χ2n) is 3.24. The van der Waals surface area contributed by atoms with Crippen LogP contribution in [0.15, 0.2) is 22.9 Å². The van der Waals surface area contributed by atoms with Crippen LogP contribution in [0.5, 0.6) is 0 Å². The standard InChI is InChI=1S/C10H13N3O/c1-7-6-12-13-9(7)10-8(2-4-11)3-5-14-10/h3,5-6H,2,4,11H2,1H3,(H,12,13). The van der Waals surface area contributed by atoms with Gasteiger partial charge in [0.25, 0.3) is 0 Å². The molecular weight excluding hydrogens is 178 g/mol. The summed E-state index contributed by atoms with van der Waals surface area (Å²) in [5.74, 6) is 0.852. The Morgan fingerprint density at radius 2 is 2.43 bits per heavy atom. The van der Waals surface area contributed by atoms with E-state index in [4.69, 9.17) is 10.2 Å². The number of aryl methyl sites for hydroxylation is 1. The molecule has 0 aliphatic carbocycles. The lowest BCUT2D eigenvalue weighted by molar-refractivity contribution is 0.576. The maximum absolute atomic E-state index is 5.51. The van der Waals surface area contributed by atoms with Gasteiger partial charge < -0.3 is 10.2 Å². The Morgan fingerprint density at radius 3 is 3.07 bits per heavy atom. The van der Waals surface area contributed by atoms with Crippen molar-refractivity contribution in [2.24, 2.45) is 5.73 Å². The summed E-state index contributed by atoms with van der Waals surface area (Å²) in [6.07, 6.45) is 4.29. The molecule has 0 spiro atoms. The summed E-state index contributed by atoms with van der Waals surface area (Å²) < 4.78 is 5.42. The number of rotatable bonds is 3. The van der Waals surface area contributed by atoms with Crippen LogP contribution in [0.25, 0.3) is 11.5 Å². The van der Waals surface area contributed by atoms with Crippen molar-refractivity contribution in [2.45, 2.75) is 13.3 Å². The van der Waals surface area contributed by atoms with Crippen molar-refractivity contribution < 1.29 is 4.42 Å². The minimum Gasteiger partial charge on any atom is -0.462 e. The Hall–Kier alpha value is -1.55. The second-order valence-corrected chi connectivity index (χ2v) is 3.24. The van der Waals surface area contributed by atoms with Gasteiger partial charge in [0.1, 0.15) is 5.69 Å². The van der Waals surface area contributed by atoms with Crippen molar-refractivity contribution in [1.82, 2.24) is 10.2 Å². The van der Waals surface area contributed by atoms with Gasteiger partial charge in [-0.25, -0.2) is 0 Å². The quantitative estimate of drug-likeness (QED) is 0.772. The van der Waals surface area contributed by atoms with E-state index in [2.05, 4.69) is 10.2 Å². The molecule has 0 aliphatic rings. The van der Waals surface area contributed by atoms with Crippen molar-refractivity contribution in [3.05, 3.63) is 29.7 Å². The number of nitrogens with zero attached hydrogens (tertiary/aromatic N) is 1. The average molecular weight is 191 g/mol. The fourth-order valence-electron chi connectivity index (χ4n) is 1.48. The van der Waals surface area contributed by atoms with E-state index in [1.165, 1.54) is 0 Å². The first kappa shape index (κ1) is 9.02. The van der Waals surface area contributed by atoms with Crippen LogP contribution in [0.4, 0.5) is 0 Å². The highest BCUT2D eigenvalue weighted by Crippen LogP contribution is 2.25. The van der Waals surface area contributed by atoms with Crippen LogP contribution >= 0.6 is 0 Å². The maximum Gasteiger partial charge on any atom is 0.155 e. The summed E-state index contributed by atoms with van der Waals surface area (Å²) in [4.78, 5) is 0. The van der Waals surface area contributed by atoms with Gasteiger partial charge in [-0.3, -0.25) is 5.10 Å². The van der Waals surface area contributed by atoms with Crippen LogP contribution < -0.4 is 5.73 Å². The minimum absolute atomic E-state index is 0.625. The molecule has 4 heteroatoms. The third-order valence-corrected chi connectivity index (χ3v) is 2.22. The molecule has 0 radical (unpaired) electrons. The van der Waals surface area contributed by atoms with E-state index in [0.29, 0.717) is 6.54 Å². The fraction of sp³-hybridized carbons (Fsp3) is 0.300. The number of hydrogen-bond acceptors (Lipinski definition) is 3. The molecule has 2 heterocycles. The minimum atomic E-state index is 0.625. The van der Waals surface area contributed by atoms with Crippen molar-refractivity contribution in [3.63, 3.8) is 0 Å². The van der Waals surface area contributed by atoms with Gasteiger partial charge in [0, 0.05) is 5.56 Å². The molecule has 0 unspecified atom stereocenters. The predicted molar refractivity (Wildman–Crippen MR) is 53.8 cm³/mol. The molecule has 2 rings (SSSR count). The highest BCUT2D eigenvalue weighted by Gasteiger charge is 2.11. The average Bonchev–Trinajstić information content (AvgIpc) is 2.74. The molecule has 0 saturated carbocycles. The molecule has 0 atom stereocenters. The lowest BCUT2D eigenvalue weighted by Crippen LogP contribution is -2.02. The van der Waals surface area contributed by atoms with Crippen molar-refractivity contribution in [2.75, 3.05) is 6.54 Å². The zero-order chi connectivity index (χ0) is 9.97. The van der Waals surface area contributed by atoms with Crippen molar-refractivity contribution in [3.8, 4) is 11.5 Å². The Balaban J connectivity index is 2.41. The van der Waals surface area contributed by atoms with E-state index < -0.39 is 0 Å². The molecule has 0 fully saturated rings. The number of H-pyrrole nitrogens is 1. The molecule has 0 aliphatic heterocycles. The molecule has 2 aromatic rings.